The number of aliphatic hydroxyl groups excluding tert-OH is 1. The standard InChI is InChI=1S/C25H32N4O3/c1-16(32-2)18-4-3-5-19(14-18)17-8-12-29(13-9-17)24-26-20-6-7-21(31)22(20)23(27-24)28-25(15-30)10-11-25/h3-5,14,16-17,30H,6-13,15H2,1-2H3,(H,26,27,28). The molecule has 170 valence electrons. The lowest BCUT2D eigenvalue weighted by atomic mass is 9.88. The van der Waals surface area contributed by atoms with Gasteiger partial charge in [-0.2, -0.15) is 4.98 Å². The number of fused-ring (bicyclic) bond motifs is 1. The zero-order chi connectivity index (χ0) is 22.3. The molecule has 1 saturated heterocycles. The quantitative estimate of drug-likeness (QED) is 0.685. The van der Waals surface area contributed by atoms with Crippen LogP contribution in [0.25, 0.3) is 0 Å². The molecule has 5 rings (SSSR count). The van der Waals surface area contributed by atoms with Crippen LogP contribution < -0.4 is 10.2 Å². The van der Waals surface area contributed by atoms with Gasteiger partial charge in [0.1, 0.15) is 5.82 Å². The molecule has 2 aliphatic carbocycles. The number of nitrogens with one attached hydrogen (secondary N) is 1. The number of piperidine rings is 1. The molecule has 7 heteroatoms. The van der Waals surface area contributed by atoms with Gasteiger partial charge >= 0.3 is 0 Å². The molecule has 1 atom stereocenters. The van der Waals surface area contributed by atoms with E-state index in [1.165, 1.54) is 11.1 Å². The summed E-state index contributed by atoms with van der Waals surface area (Å²) in [6, 6.07) is 8.74. The number of benzene rings is 1. The van der Waals surface area contributed by atoms with Gasteiger partial charge < -0.3 is 20.1 Å². The Balaban J connectivity index is 1.33. The van der Waals surface area contributed by atoms with Crippen molar-refractivity contribution in [2.45, 2.75) is 63.0 Å². The molecule has 0 spiro atoms. The number of rotatable bonds is 7. The molecule has 0 radical (unpaired) electrons. The number of aryl methyl sites for hydroxylation is 1. The van der Waals surface area contributed by atoms with E-state index >= 15 is 0 Å². The Hall–Kier alpha value is -2.51. The largest absolute Gasteiger partial charge is 0.394 e. The summed E-state index contributed by atoms with van der Waals surface area (Å²) in [6.45, 7) is 3.89. The van der Waals surface area contributed by atoms with Crippen LogP contribution in [0.4, 0.5) is 11.8 Å². The van der Waals surface area contributed by atoms with Crippen molar-refractivity contribution in [3.63, 3.8) is 0 Å². The number of carbonyl (C=O) groups excluding carboxylic acids is 1. The first-order valence-electron chi connectivity index (χ1n) is 11.7. The van der Waals surface area contributed by atoms with Crippen LogP contribution in [-0.4, -0.2) is 53.2 Å². The SMILES string of the molecule is COC(C)c1cccc(C2CCN(c3nc4c(c(NC5(CO)CC5)n3)C(=O)CC4)CC2)c1. The summed E-state index contributed by atoms with van der Waals surface area (Å²) in [6.07, 6.45) is 5.13. The fraction of sp³-hybridized carbons (Fsp3) is 0.560. The minimum atomic E-state index is -0.320. The molecule has 2 fully saturated rings. The zero-order valence-corrected chi connectivity index (χ0v) is 18.9. The molecule has 0 amide bonds. The molecule has 1 aromatic heterocycles. The van der Waals surface area contributed by atoms with Gasteiger partial charge in [-0.1, -0.05) is 24.3 Å². The average molecular weight is 437 g/mol. The summed E-state index contributed by atoms with van der Waals surface area (Å²) >= 11 is 0. The zero-order valence-electron chi connectivity index (χ0n) is 18.9. The van der Waals surface area contributed by atoms with E-state index in [1.54, 1.807) is 7.11 Å². The number of aliphatic hydroxyl groups is 1. The number of ketones is 1. The first-order chi connectivity index (χ1) is 15.5. The molecule has 2 N–H and O–H groups in total. The van der Waals surface area contributed by atoms with Gasteiger partial charge in [0, 0.05) is 26.6 Å². The monoisotopic (exact) mass is 436 g/mol. The van der Waals surface area contributed by atoms with Crippen molar-refractivity contribution in [3.8, 4) is 0 Å². The predicted octanol–water partition coefficient (Wildman–Crippen LogP) is 3.63. The van der Waals surface area contributed by atoms with Crippen molar-refractivity contribution >= 4 is 17.5 Å². The Morgan fingerprint density at radius 3 is 2.72 bits per heavy atom. The Morgan fingerprint density at radius 1 is 1.25 bits per heavy atom. The molecule has 32 heavy (non-hydrogen) atoms. The van der Waals surface area contributed by atoms with Crippen molar-refractivity contribution < 1.29 is 14.6 Å². The van der Waals surface area contributed by atoms with Crippen molar-refractivity contribution in [2.24, 2.45) is 0 Å². The van der Waals surface area contributed by atoms with Crippen LogP contribution in [-0.2, 0) is 11.2 Å². The van der Waals surface area contributed by atoms with Crippen LogP contribution >= 0.6 is 0 Å². The van der Waals surface area contributed by atoms with Gasteiger partial charge in [0.25, 0.3) is 0 Å². The van der Waals surface area contributed by atoms with Crippen LogP contribution in [0.2, 0.25) is 0 Å². The number of hydrogen-bond donors (Lipinski definition) is 2. The van der Waals surface area contributed by atoms with Gasteiger partial charge in [0.2, 0.25) is 5.95 Å². The van der Waals surface area contributed by atoms with Gasteiger partial charge in [0.15, 0.2) is 5.78 Å². The maximum atomic E-state index is 12.5. The minimum Gasteiger partial charge on any atom is -0.394 e. The highest BCUT2D eigenvalue weighted by molar-refractivity contribution is 6.04. The predicted molar refractivity (Wildman–Crippen MR) is 123 cm³/mol. The molecule has 2 aromatic rings. The third kappa shape index (κ3) is 3.99. The maximum absolute atomic E-state index is 12.5. The second-order valence-corrected chi connectivity index (χ2v) is 9.49. The van der Waals surface area contributed by atoms with Gasteiger partial charge in [-0.3, -0.25) is 4.79 Å². The number of anilines is 2. The molecular formula is C25H32N4O3. The molecule has 0 bridgehead atoms. The summed E-state index contributed by atoms with van der Waals surface area (Å²) in [7, 11) is 1.74. The maximum Gasteiger partial charge on any atom is 0.227 e. The van der Waals surface area contributed by atoms with Gasteiger partial charge in [0.05, 0.1) is 29.5 Å². The van der Waals surface area contributed by atoms with E-state index < -0.39 is 0 Å². The van der Waals surface area contributed by atoms with Crippen molar-refractivity contribution in [3.05, 3.63) is 46.6 Å². The topological polar surface area (TPSA) is 87.6 Å². The summed E-state index contributed by atoms with van der Waals surface area (Å²) in [5, 5.41) is 13.1. The number of aromatic nitrogens is 2. The first kappa shape index (κ1) is 21.3. The molecular weight excluding hydrogens is 404 g/mol. The molecule has 1 unspecified atom stereocenters. The number of nitrogens with zero attached hydrogens (tertiary/aromatic N) is 3. The highest BCUT2D eigenvalue weighted by atomic mass is 16.5. The highest BCUT2D eigenvalue weighted by Crippen LogP contribution is 2.41. The fourth-order valence-corrected chi connectivity index (χ4v) is 4.90. The Morgan fingerprint density at radius 2 is 2.03 bits per heavy atom. The van der Waals surface area contributed by atoms with Gasteiger partial charge in [-0.05, 0) is 56.1 Å². The van der Waals surface area contributed by atoms with E-state index in [0.717, 1.165) is 44.5 Å². The molecule has 1 aliphatic heterocycles. The Kier molecular flexibility index (Phi) is 5.63. The Labute approximate surface area is 189 Å². The average Bonchev–Trinajstić information content (AvgIpc) is 3.51. The second kappa shape index (κ2) is 8.45. The fourth-order valence-electron chi connectivity index (χ4n) is 4.90. The van der Waals surface area contributed by atoms with E-state index in [1.807, 2.05) is 0 Å². The summed E-state index contributed by atoms with van der Waals surface area (Å²) in [4.78, 5) is 24.3. The molecule has 2 heterocycles. The number of hydrogen-bond acceptors (Lipinski definition) is 7. The molecule has 1 saturated carbocycles. The van der Waals surface area contributed by atoms with Crippen molar-refractivity contribution in [2.75, 3.05) is 37.0 Å². The number of ether oxygens (including phenoxy) is 1. The summed E-state index contributed by atoms with van der Waals surface area (Å²) < 4.78 is 5.49. The van der Waals surface area contributed by atoms with E-state index in [0.29, 0.717) is 36.1 Å². The van der Waals surface area contributed by atoms with E-state index in [2.05, 4.69) is 41.4 Å². The smallest absolute Gasteiger partial charge is 0.227 e. The van der Waals surface area contributed by atoms with Crippen LogP contribution in [0.5, 0.6) is 0 Å². The van der Waals surface area contributed by atoms with E-state index in [4.69, 9.17) is 14.7 Å². The highest BCUT2D eigenvalue weighted by Gasteiger charge is 2.44. The summed E-state index contributed by atoms with van der Waals surface area (Å²) in [5.41, 5.74) is 3.74. The number of carbonyl (C=O) groups is 1. The lowest BCUT2D eigenvalue weighted by molar-refractivity contribution is 0.0995. The van der Waals surface area contributed by atoms with Crippen LogP contribution in [0, 0.1) is 0 Å². The summed E-state index contributed by atoms with van der Waals surface area (Å²) in [5.74, 6) is 1.93. The Bertz CT molecular complexity index is 1010. The third-order valence-corrected chi connectivity index (χ3v) is 7.36. The van der Waals surface area contributed by atoms with Gasteiger partial charge in [-0.15, -0.1) is 0 Å². The normalized spacial score (nSPS) is 20.8. The lowest BCUT2D eigenvalue weighted by Crippen LogP contribution is -2.35. The van der Waals surface area contributed by atoms with Crippen molar-refractivity contribution in [1.82, 2.24) is 9.97 Å². The van der Waals surface area contributed by atoms with E-state index in [9.17, 15) is 9.90 Å². The minimum absolute atomic E-state index is 0.0570. The second-order valence-electron chi connectivity index (χ2n) is 9.49. The lowest BCUT2D eigenvalue weighted by Gasteiger charge is -2.33. The molecule has 3 aliphatic rings. The molecule has 7 nitrogen and oxygen atoms in total. The number of methoxy groups -OCH3 is 1. The molecule has 1 aromatic carbocycles. The van der Waals surface area contributed by atoms with E-state index in [-0.39, 0.29) is 24.0 Å². The van der Waals surface area contributed by atoms with Crippen molar-refractivity contribution in [1.29, 1.82) is 0 Å². The third-order valence-electron chi connectivity index (χ3n) is 7.36. The van der Waals surface area contributed by atoms with Crippen LogP contribution in [0.15, 0.2) is 24.3 Å². The number of Topliss-reactive ketones (excluding diaryl/α,β-unsaturated/α-hetero) is 1. The first-order valence-corrected chi connectivity index (χ1v) is 11.7. The van der Waals surface area contributed by atoms with Crippen LogP contribution in [0.3, 0.4) is 0 Å². The van der Waals surface area contributed by atoms with Crippen LogP contribution in [0.1, 0.15) is 78.2 Å². The van der Waals surface area contributed by atoms with Gasteiger partial charge in [-0.25, -0.2) is 4.98 Å².